The number of hydrogen-bond donors (Lipinski definition) is 3. The summed E-state index contributed by atoms with van der Waals surface area (Å²) in [5, 5.41) is 3.67. The maximum absolute atomic E-state index is 6.45. The zero-order chi connectivity index (χ0) is 14.3. The van der Waals surface area contributed by atoms with E-state index in [1.807, 2.05) is 0 Å². The van der Waals surface area contributed by atoms with E-state index >= 15 is 0 Å². The van der Waals surface area contributed by atoms with Crippen LogP contribution in [-0.2, 0) is 0 Å². The highest BCUT2D eigenvalue weighted by Crippen LogP contribution is 2.33. The summed E-state index contributed by atoms with van der Waals surface area (Å²) in [6.07, 6.45) is 9.00. The van der Waals surface area contributed by atoms with Crippen molar-refractivity contribution in [3.8, 4) is 0 Å². The van der Waals surface area contributed by atoms with Gasteiger partial charge >= 0.3 is 0 Å². The lowest BCUT2D eigenvalue weighted by molar-refractivity contribution is 0.176. The molecule has 0 radical (unpaired) electrons. The number of piperidine rings is 1. The first-order chi connectivity index (χ1) is 9.08. The van der Waals surface area contributed by atoms with E-state index in [-0.39, 0.29) is 5.54 Å². The Labute approximate surface area is 119 Å². The Bertz CT molecular complexity index is 267. The molecule has 0 aliphatic carbocycles. The molecule has 19 heavy (non-hydrogen) atoms. The largest absolute Gasteiger partial charge is 0.330 e. The van der Waals surface area contributed by atoms with Crippen molar-refractivity contribution in [1.29, 1.82) is 0 Å². The molecule has 1 rings (SSSR count). The topological polar surface area (TPSA) is 64.1 Å². The molecule has 0 saturated carbocycles. The number of nitrogens with two attached hydrogens (primary N) is 2. The van der Waals surface area contributed by atoms with Crippen LogP contribution in [0.15, 0.2) is 12.7 Å². The van der Waals surface area contributed by atoms with E-state index in [0.29, 0.717) is 17.9 Å². The average molecular weight is 267 g/mol. The SMILES string of the molecule is C=C[C@@]1(CCCCN)CC(C(N)C(C)CC)CCN1. The first-order valence-electron chi connectivity index (χ1n) is 7.93. The van der Waals surface area contributed by atoms with Crippen molar-refractivity contribution in [3.05, 3.63) is 12.7 Å². The van der Waals surface area contributed by atoms with Crippen LogP contribution in [-0.4, -0.2) is 24.7 Å². The van der Waals surface area contributed by atoms with Crippen LogP contribution in [0.25, 0.3) is 0 Å². The second-order valence-electron chi connectivity index (χ2n) is 6.25. The fourth-order valence-electron chi connectivity index (χ4n) is 3.25. The molecule has 4 atom stereocenters. The highest BCUT2D eigenvalue weighted by Gasteiger charge is 2.36. The Kier molecular flexibility index (Phi) is 7.05. The van der Waals surface area contributed by atoms with Gasteiger partial charge in [0.25, 0.3) is 0 Å². The zero-order valence-corrected chi connectivity index (χ0v) is 12.8. The third kappa shape index (κ3) is 4.59. The predicted octanol–water partition coefficient (Wildman–Crippen LogP) is 2.41. The van der Waals surface area contributed by atoms with Crippen LogP contribution < -0.4 is 16.8 Å². The van der Waals surface area contributed by atoms with E-state index in [9.17, 15) is 0 Å². The molecule has 0 amide bonds. The normalized spacial score (nSPS) is 30.8. The standard InChI is InChI=1S/C16H33N3/c1-4-13(3)15(18)14-8-11-19-16(5-2,12-14)9-6-7-10-17/h5,13-15,19H,2,4,6-12,17-18H2,1,3H3/t13?,14?,15?,16-/m1/s1. The van der Waals surface area contributed by atoms with Crippen LogP contribution in [0.3, 0.4) is 0 Å². The van der Waals surface area contributed by atoms with Gasteiger partial charge in [-0.1, -0.05) is 32.8 Å². The molecule has 1 aliphatic rings. The van der Waals surface area contributed by atoms with E-state index in [1.54, 1.807) is 0 Å². The van der Waals surface area contributed by atoms with Crippen LogP contribution in [0, 0.1) is 11.8 Å². The van der Waals surface area contributed by atoms with Crippen molar-refractivity contribution >= 4 is 0 Å². The third-order valence-electron chi connectivity index (χ3n) is 4.93. The minimum absolute atomic E-state index is 0.0865. The number of rotatable bonds is 8. The number of nitrogens with one attached hydrogen (secondary N) is 1. The third-order valence-corrected chi connectivity index (χ3v) is 4.93. The van der Waals surface area contributed by atoms with Crippen molar-refractivity contribution in [2.45, 2.75) is 64.0 Å². The molecule has 1 aliphatic heterocycles. The fraction of sp³-hybridized carbons (Fsp3) is 0.875. The Balaban J connectivity index is 2.61. The van der Waals surface area contributed by atoms with Crippen LogP contribution >= 0.6 is 0 Å². The van der Waals surface area contributed by atoms with Gasteiger partial charge in [0.2, 0.25) is 0 Å². The lowest BCUT2D eigenvalue weighted by Gasteiger charge is -2.43. The van der Waals surface area contributed by atoms with E-state index in [1.165, 1.54) is 19.3 Å². The molecule has 3 heteroatoms. The monoisotopic (exact) mass is 267 g/mol. The van der Waals surface area contributed by atoms with Gasteiger partial charge in [-0.05, 0) is 50.6 Å². The summed E-state index contributed by atoms with van der Waals surface area (Å²) >= 11 is 0. The molecular weight excluding hydrogens is 234 g/mol. The van der Waals surface area contributed by atoms with Crippen LogP contribution in [0.1, 0.15) is 52.4 Å². The maximum atomic E-state index is 6.45. The van der Waals surface area contributed by atoms with Gasteiger partial charge in [-0.25, -0.2) is 0 Å². The molecule has 1 fully saturated rings. The van der Waals surface area contributed by atoms with E-state index < -0.39 is 0 Å². The highest BCUT2D eigenvalue weighted by molar-refractivity contribution is 5.07. The fourth-order valence-corrected chi connectivity index (χ4v) is 3.25. The lowest BCUT2D eigenvalue weighted by atomic mass is 9.73. The van der Waals surface area contributed by atoms with Gasteiger partial charge in [0.1, 0.15) is 0 Å². The minimum atomic E-state index is 0.0865. The molecule has 3 unspecified atom stereocenters. The first kappa shape index (κ1) is 16.7. The number of hydrogen-bond acceptors (Lipinski definition) is 3. The van der Waals surface area contributed by atoms with Crippen LogP contribution in [0.4, 0.5) is 0 Å². The molecule has 112 valence electrons. The molecule has 0 aromatic rings. The van der Waals surface area contributed by atoms with Crippen molar-refractivity contribution < 1.29 is 0 Å². The Morgan fingerprint density at radius 1 is 1.47 bits per heavy atom. The van der Waals surface area contributed by atoms with Crippen molar-refractivity contribution in [2.24, 2.45) is 23.3 Å². The summed E-state index contributed by atoms with van der Waals surface area (Å²) in [5.74, 6) is 1.22. The molecule has 3 nitrogen and oxygen atoms in total. The van der Waals surface area contributed by atoms with E-state index in [0.717, 1.165) is 32.4 Å². The molecule has 1 saturated heterocycles. The van der Waals surface area contributed by atoms with Gasteiger partial charge in [0.05, 0.1) is 0 Å². The summed E-state index contributed by atoms with van der Waals surface area (Å²) in [5.41, 5.74) is 12.1. The quantitative estimate of drug-likeness (QED) is 0.467. The van der Waals surface area contributed by atoms with Gasteiger partial charge in [0.15, 0.2) is 0 Å². The molecule has 1 heterocycles. The summed E-state index contributed by atoms with van der Waals surface area (Å²) in [7, 11) is 0. The van der Waals surface area contributed by atoms with Crippen LogP contribution in [0.5, 0.6) is 0 Å². The van der Waals surface area contributed by atoms with Gasteiger partial charge in [-0.15, -0.1) is 6.58 Å². The van der Waals surface area contributed by atoms with Gasteiger partial charge in [-0.2, -0.15) is 0 Å². The minimum Gasteiger partial charge on any atom is -0.330 e. The maximum Gasteiger partial charge on any atom is 0.0364 e. The van der Waals surface area contributed by atoms with E-state index in [2.05, 4.69) is 31.8 Å². The molecule has 0 spiro atoms. The van der Waals surface area contributed by atoms with Gasteiger partial charge < -0.3 is 16.8 Å². The van der Waals surface area contributed by atoms with Gasteiger partial charge in [0, 0.05) is 11.6 Å². The Hall–Kier alpha value is -0.380. The summed E-state index contributed by atoms with van der Waals surface area (Å²) < 4.78 is 0. The second-order valence-corrected chi connectivity index (χ2v) is 6.25. The summed E-state index contributed by atoms with van der Waals surface area (Å²) in [6, 6.07) is 0.320. The Morgan fingerprint density at radius 3 is 2.79 bits per heavy atom. The smallest absolute Gasteiger partial charge is 0.0364 e. The Morgan fingerprint density at radius 2 is 2.21 bits per heavy atom. The van der Waals surface area contributed by atoms with Crippen LogP contribution in [0.2, 0.25) is 0 Å². The zero-order valence-electron chi connectivity index (χ0n) is 12.8. The molecule has 0 bridgehead atoms. The second kappa shape index (κ2) is 8.03. The predicted molar refractivity (Wildman–Crippen MR) is 84.0 cm³/mol. The summed E-state index contributed by atoms with van der Waals surface area (Å²) in [4.78, 5) is 0. The summed E-state index contributed by atoms with van der Waals surface area (Å²) in [6.45, 7) is 10.4. The van der Waals surface area contributed by atoms with E-state index in [4.69, 9.17) is 11.5 Å². The lowest BCUT2D eigenvalue weighted by Crippen LogP contribution is -2.53. The average Bonchev–Trinajstić information content (AvgIpc) is 2.46. The number of unbranched alkanes of at least 4 members (excludes halogenated alkanes) is 1. The first-order valence-corrected chi connectivity index (χ1v) is 7.93. The van der Waals surface area contributed by atoms with Crippen molar-refractivity contribution in [1.82, 2.24) is 5.32 Å². The molecule has 0 aromatic heterocycles. The van der Waals surface area contributed by atoms with Crippen molar-refractivity contribution in [3.63, 3.8) is 0 Å². The highest BCUT2D eigenvalue weighted by atomic mass is 15.0. The molecule has 5 N–H and O–H groups in total. The van der Waals surface area contributed by atoms with Gasteiger partial charge in [-0.3, -0.25) is 0 Å². The van der Waals surface area contributed by atoms with Crippen molar-refractivity contribution in [2.75, 3.05) is 13.1 Å². The molecule has 0 aromatic carbocycles. The molecular formula is C16H33N3.